The first-order valence-electron chi connectivity index (χ1n) is 8.26. The van der Waals surface area contributed by atoms with Gasteiger partial charge in [0, 0.05) is 18.8 Å². The number of hydrogen-bond donors (Lipinski definition) is 1. The Morgan fingerprint density at radius 1 is 1.36 bits per heavy atom. The van der Waals surface area contributed by atoms with Gasteiger partial charge >= 0.3 is 5.97 Å². The fourth-order valence-corrected chi connectivity index (χ4v) is 3.70. The first-order valence-corrected chi connectivity index (χ1v) is 10.1. The molecule has 7 nitrogen and oxygen atoms in total. The smallest absolute Gasteiger partial charge is 0.338 e. The van der Waals surface area contributed by atoms with Crippen LogP contribution in [0, 0.1) is 12.8 Å². The van der Waals surface area contributed by atoms with Gasteiger partial charge in [0.05, 0.1) is 24.3 Å². The summed E-state index contributed by atoms with van der Waals surface area (Å²) in [5.41, 5.74) is 1.72. The van der Waals surface area contributed by atoms with Crippen LogP contribution >= 0.6 is 0 Å². The van der Waals surface area contributed by atoms with Gasteiger partial charge in [0.1, 0.15) is 0 Å². The second-order valence-electron chi connectivity index (χ2n) is 6.20. The molecule has 0 saturated carbocycles. The van der Waals surface area contributed by atoms with Crippen LogP contribution in [0.1, 0.15) is 35.7 Å². The second-order valence-corrected chi connectivity index (χ2v) is 8.18. The van der Waals surface area contributed by atoms with E-state index in [1.54, 1.807) is 25.1 Å². The number of carbonyl (C=O) groups is 2. The lowest BCUT2D eigenvalue weighted by molar-refractivity contribution is -0.120. The molecule has 1 amide bonds. The number of hydrogen-bond acceptors (Lipinski definition) is 5. The maximum atomic E-state index is 12.6. The van der Waals surface area contributed by atoms with Crippen LogP contribution < -0.4 is 5.32 Å². The topological polar surface area (TPSA) is 92.8 Å². The van der Waals surface area contributed by atoms with Crippen LogP contribution in [0.2, 0.25) is 0 Å². The largest absolute Gasteiger partial charge is 0.462 e. The van der Waals surface area contributed by atoms with Crippen molar-refractivity contribution in [1.29, 1.82) is 0 Å². The lowest BCUT2D eigenvalue weighted by atomic mass is 9.98. The SMILES string of the molecule is CCOC(=O)c1ccc(C)c(NC(=O)C2CCCN(S(C)(=O)=O)C2)c1. The molecule has 1 aromatic carbocycles. The highest BCUT2D eigenvalue weighted by Gasteiger charge is 2.30. The number of esters is 1. The summed E-state index contributed by atoms with van der Waals surface area (Å²) >= 11 is 0. The van der Waals surface area contributed by atoms with E-state index in [-0.39, 0.29) is 19.1 Å². The Kier molecular flexibility index (Phi) is 6.18. The zero-order chi connectivity index (χ0) is 18.6. The number of anilines is 1. The molecule has 0 spiro atoms. The molecule has 1 saturated heterocycles. The van der Waals surface area contributed by atoms with E-state index in [2.05, 4.69) is 5.32 Å². The van der Waals surface area contributed by atoms with Crippen molar-refractivity contribution < 1.29 is 22.7 Å². The molecule has 2 rings (SSSR count). The predicted octanol–water partition coefficient (Wildman–Crippen LogP) is 1.78. The molecular weight excluding hydrogens is 344 g/mol. The highest BCUT2D eigenvalue weighted by molar-refractivity contribution is 7.88. The molecule has 1 aliphatic rings. The normalized spacial score (nSPS) is 18.6. The molecule has 1 atom stereocenters. The molecule has 0 aromatic heterocycles. The highest BCUT2D eigenvalue weighted by atomic mass is 32.2. The van der Waals surface area contributed by atoms with Crippen LogP contribution in [0.5, 0.6) is 0 Å². The molecule has 1 heterocycles. The van der Waals surface area contributed by atoms with E-state index in [0.29, 0.717) is 30.6 Å². The zero-order valence-corrected chi connectivity index (χ0v) is 15.6. The number of amides is 1. The standard InChI is InChI=1S/C17H24N2O5S/c1-4-24-17(21)13-8-7-12(2)15(10-13)18-16(20)14-6-5-9-19(11-14)25(3,22)23/h7-8,10,14H,4-6,9,11H2,1-3H3,(H,18,20). The van der Waals surface area contributed by atoms with Crippen molar-refractivity contribution in [2.45, 2.75) is 26.7 Å². The fourth-order valence-electron chi connectivity index (χ4n) is 2.79. The van der Waals surface area contributed by atoms with Gasteiger partial charge in [-0.15, -0.1) is 0 Å². The predicted molar refractivity (Wildman–Crippen MR) is 94.9 cm³/mol. The molecule has 1 fully saturated rings. The molecule has 0 aliphatic carbocycles. The molecular formula is C17H24N2O5S. The van der Waals surface area contributed by atoms with Crippen molar-refractivity contribution in [2.75, 3.05) is 31.3 Å². The summed E-state index contributed by atoms with van der Waals surface area (Å²) in [5, 5.41) is 2.82. The Labute approximate surface area is 148 Å². The van der Waals surface area contributed by atoms with Crippen molar-refractivity contribution >= 4 is 27.6 Å². The minimum Gasteiger partial charge on any atom is -0.462 e. The molecule has 1 N–H and O–H groups in total. The van der Waals surface area contributed by atoms with E-state index in [0.717, 1.165) is 11.8 Å². The lowest BCUT2D eigenvalue weighted by Gasteiger charge is -2.30. The zero-order valence-electron chi connectivity index (χ0n) is 14.7. The third kappa shape index (κ3) is 5.02. The number of nitrogens with zero attached hydrogens (tertiary/aromatic N) is 1. The number of sulfonamides is 1. The molecule has 1 aromatic rings. The van der Waals surface area contributed by atoms with E-state index in [9.17, 15) is 18.0 Å². The molecule has 0 bridgehead atoms. The van der Waals surface area contributed by atoms with Gasteiger partial charge in [-0.2, -0.15) is 0 Å². The van der Waals surface area contributed by atoms with E-state index in [4.69, 9.17) is 4.74 Å². The number of rotatable bonds is 5. The van der Waals surface area contributed by atoms with Gasteiger partial charge in [-0.1, -0.05) is 6.07 Å². The average Bonchev–Trinajstić information content (AvgIpc) is 2.56. The first kappa shape index (κ1) is 19.4. The van der Waals surface area contributed by atoms with Crippen molar-refractivity contribution in [3.63, 3.8) is 0 Å². The van der Waals surface area contributed by atoms with Gasteiger partial charge in [-0.05, 0) is 44.4 Å². The number of carbonyl (C=O) groups excluding carboxylic acids is 2. The van der Waals surface area contributed by atoms with Crippen LogP contribution in [0.4, 0.5) is 5.69 Å². The second kappa shape index (κ2) is 7.97. The summed E-state index contributed by atoms with van der Waals surface area (Å²) in [7, 11) is -3.31. The van der Waals surface area contributed by atoms with Gasteiger partial charge in [-0.25, -0.2) is 17.5 Å². The Morgan fingerprint density at radius 3 is 2.72 bits per heavy atom. The quantitative estimate of drug-likeness (QED) is 0.800. The molecule has 25 heavy (non-hydrogen) atoms. The summed E-state index contributed by atoms with van der Waals surface area (Å²) in [4.78, 5) is 24.4. The molecule has 1 unspecified atom stereocenters. The van der Waals surface area contributed by atoms with Gasteiger partial charge in [-0.3, -0.25) is 4.79 Å². The van der Waals surface area contributed by atoms with Crippen LogP contribution in [0.25, 0.3) is 0 Å². The molecule has 0 radical (unpaired) electrons. The molecule has 1 aliphatic heterocycles. The van der Waals surface area contributed by atoms with Crippen LogP contribution in [0.15, 0.2) is 18.2 Å². The fraction of sp³-hybridized carbons (Fsp3) is 0.529. The van der Waals surface area contributed by atoms with E-state index in [1.165, 1.54) is 4.31 Å². The maximum Gasteiger partial charge on any atom is 0.338 e. The van der Waals surface area contributed by atoms with E-state index < -0.39 is 21.9 Å². The number of piperidine rings is 1. The monoisotopic (exact) mass is 368 g/mol. The third-order valence-corrected chi connectivity index (χ3v) is 5.50. The highest BCUT2D eigenvalue weighted by Crippen LogP contribution is 2.23. The number of benzene rings is 1. The van der Waals surface area contributed by atoms with Crippen LogP contribution in [-0.2, 0) is 19.6 Å². The molecule has 8 heteroatoms. The minimum atomic E-state index is -3.31. The first-order chi connectivity index (χ1) is 11.7. The van der Waals surface area contributed by atoms with Gasteiger partial charge in [0.2, 0.25) is 15.9 Å². The summed E-state index contributed by atoms with van der Waals surface area (Å²) in [6.07, 6.45) is 2.43. The summed E-state index contributed by atoms with van der Waals surface area (Å²) < 4.78 is 29.7. The third-order valence-electron chi connectivity index (χ3n) is 4.23. The number of nitrogens with one attached hydrogen (secondary N) is 1. The Balaban J connectivity index is 2.12. The van der Waals surface area contributed by atoms with E-state index in [1.807, 2.05) is 6.92 Å². The Bertz CT molecular complexity index is 760. The van der Waals surface area contributed by atoms with Crippen molar-refractivity contribution in [3.05, 3.63) is 29.3 Å². The minimum absolute atomic E-state index is 0.182. The summed E-state index contributed by atoms with van der Waals surface area (Å²) in [6, 6.07) is 4.98. The summed E-state index contributed by atoms with van der Waals surface area (Å²) in [6.45, 7) is 4.46. The number of aryl methyl sites for hydroxylation is 1. The maximum absolute atomic E-state index is 12.6. The number of ether oxygens (including phenoxy) is 1. The van der Waals surface area contributed by atoms with Crippen molar-refractivity contribution in [1.82, 2.24) is 4.31 Å². The molecule has 138 valence electrons. The van der Waals surface area contributed by atoms with Crippen LogP contribution in [0.3, 0.4) is 0 Å². The lowest BCUT2D eigenvalue weighted by Crippen LogP contribution is -2.43. The van der Waals surface area contributed by atoms with Crippen molar-refractivity contribution in [3.8, 4) is 0 Å². The van der Waals surface area contributed by atoms with Crippen LogP contribution in [-0.4, -0.2) is 50.6 Å². The van der Waals surface area contributed by atoms with Gasteiger partial charge < -0.3 is 10.1 Å². The van der Waals surface area contributed by atoms with Gasteiger partial charge in [0.25, 0.3) is 0 Å². The average molecular weight is 368 g/mol. The Hall–Kier alpha value is -1.93. The summed E-state index contributed by atoms with van der Waals surface area (Å²) in [5.74, 6) is -1.09. The van der Waals surface area contributed by atoms with E-state index >= 15 is 0 Å². The Morgan fingerprint density at radius 2 is 2.08 bits per heavy atom. The van der Waals surface area contributed by atoms with Gasteiger partial charge in [0.15, 0.2) is 0 Å². The van der Waals surface area contributed by atoms with Crippen molar-refractivity contribution in [2.24, 2.45) is 5.92 Å².